The number of allylic oxidation sites excluding steroid dienone is 24. The lowest BCUT2D eigenvalue weighted by Gasteiger charge is -2.19. The molecule has 0 aliphatic carbocycles. The highest BCUT2D eigenvalue weighted by atomic mass is 31.2. The average molecular weight is 1310 g/mol. The largest absolute Gasteiger partial charge is 0.472 e. The fourth-order valence-electron chi connectivity index (χ4n) is 10.6. The van der Waals surface area contributed by atoms with Gasteiger partial charge in [0.2, 0.25) is 0 Å². The Morgan fingerprint density at radius 1 is 0.333 bits per heavy atom. The van der Waals surface area contributed by atoms with Gasteiger partial charge < -0.3 is 20.1 Å². The van der Waals surface area contributed by atoms with Crippen molar-refractivity contribution in [1.29, 1.82) is 0 Å². The Hall–Kier alpha value is -4.11. The second kappa shape index (κ2) is 76.9. The molecule has 0 heterocycles. The summed E-state index contributed by atoms with van der Waals surface area (Å²) < 4.78 is 33.2. The molecule has 0 bridgehead atoms. The van der Waals surface area contributed by atoms with E-state index < -0.39 is 26.5 Å². The van der Waals surface area contributed by atoms with Crippen molar-refractivity contribution in [1.82, 2.24) is 0 Å². The first-order valence-electron chi connectivity index (χ1n) is 38.3. The number of carbonyl (C=O) groups excluding carboxylic acids is 2. The van der Waals surface area contributed by atoms with E-state index in [0.29, 0.717) is 6.42 Å². The summed E-state index contributed by atoms with van der Waals surface area (Å²) in [7, 11) is -4.41. The second-order valence-electron chi connectivity index (χ2n) is 25.1. The minimum atomic E-state index is -4.41. The van der Waals surface area contributed by atoms with Crippen molar-refractivity contribution in [3.8, 4) is 0 Å². The zero-order chi connectivity index (χ0) is 67.2. The quantitative estimate of drug-likeness (QED) is 0.0264. The third-order valence-corrected chi connectivity index (χ3v) is 17.2. The van der Waals surface area contributed by atoms with E-state index in [1.165, 1.54) is 186 Å². The molecule has 0 amide bonds. The maximum Gasteiger partial charge on any atom is 0.472 e. The number of nitrogens with two attached hydrogens (primary N) is 1. The second-order valence-corrected chi connectivity index (χ2v) is 26.6. The number of rotatable bonds is 71. The van der Waals surface area contributed by atoms with Gasteiger partial charge in [0.15, 0.2) is 6.10 Å². The molecule has 0 saturated carbocycles. The molecule has 2 atom stereocenters. The molecule has 0 aliphatic heterocycles. The van der Waals surface area contributed by atoms with Crippen LogP contribution in [-0.2, 0) is 32.7 Å². The lowest BCUT2D eigenvalue weighted by Crippen LogP contribution is -2.29. The molecule has 532 valence electrons. The molecule has 3 N–H and O–H groups in total. The zero-order valence-electron chi connectivity index (χ0n) is 59.9. The van der Waals surface area contributed by atoms with E-state index in [0.717, 1.165) is 116 Å². The summed E-state index contributed by atoms with van der Waals surface area (Å²) in [4.78, 5) is 35.4. The molecular weight excluding hydrogens is 1170 g/mol. The molecule has 0 aromatic rings. The van der Waals surface area contributed by atoms with Gasteiger partial charge in [-0.15, -0.1) is 0 Å². The van der Waals surface area contributed by atoms with Gasteiger partial charge in [0.05, 0.1) is 13.2 Å². The van der Waals surface area contributed by atoms with Gasteiger partial charge >= 0.3 is 19.8 Å². The zero-order valence-corrected chi connectivity index (χ0v) is 60.8. The lowest BCUT2D eigenvalue weighted by molar-refractivity contribution is -0.161. The first kappa shape index (κ1) is 88.9. The highest BCUT2D eigenvalue weighted by Crippen LogP contribution is 2.43. The van der Waals surface area contributed by atoms with Crippen LogP contribution >= 0.6 is 7.82 Å². The van der Waals surface area contributed by atoms with Gasteiger partial charge in [-0.3, -0.25) is 18.6 Å². The maximum absolute atomic E-state index is 12.8. The van der Waals surface area contributed by atoms with Crippen LogP contribution in [0.4, 0.5) is 0 Å². The Labute approximate surface area is 573 Å². The van der Waals surface area contributed by atoms with Crippen molar-refractivity contribution < 1.29 is 37.6 Å². The van der Waals surface area contributed by atoms with Crippen LogP contribution < -0.4 is 5.73 Å². The van der Waals surface area contributed by atoms with Crippen molar-refractivity contribution in [3.63, 3.8) is 0 Å². The van der Waals surface area contributed by atoms with Crippen molar-refractivity contribution in [2.75, 3.05) is 26.4 Å². The summed E-state index contributed by atoms with van der Waals surface area (Å²) >= 11 is 0. The van der Waals surface area contributed by atoms with Gasteiger partial charge in [0.25, 0.3) is 0 Å². The van der Waals surface area contributed by atoms with Crippen LogP contribution in [0, 0.1) is 0 Å². The third-order valence-electron chi connectivity index (χ3n) is 16.2. The van der Waals surface area contributed by atoms with E-state index in [2.05, 4.69) is 160 Å². The fraction of sp³-hybridized carbons (Fsp3) is 0.687. The normalized spacial score (nSPS) is 13.7. The topological polar surface area (TPSA) is 134 Å². The minimum Gasteiger partial charge on any atom is -0.462 e. The number of esters is 2. The van der Waals surface area contributed by atoms with Gasteiger partial charge in [-0.1, -0.05) is 346 Å². The lowest BCUT2D eigenvalue weighted by atomic mass is 10.0. The van der Waals surface area contributed by atoms with Crippen LogP contribution in [0.15, 0.2) is 146 Å². The summed E-state index contributed by atoms with van der Waals surface area (Å²) in [6, 6.07) is 0. The summed E-state index contributed by atoms with van der Waals surface area (Å²) in [6.07, 6.45) is 111. The molecule has 0 aromatic carbocycles. The Morgan fingerprint density at radius 2 is 0.591 bits per heavy atom. The number of ether oxygens (including phenoxy) is 2. The molecule has 0 radical (unpaired) electrons. The highest BCUT2D eigenvalue weighted by molar-refractivity contribution is 7.47. The van der Waals surface area contributed by atoms with Crippen LogP contribution in [0.5, 0.6) is 0 Å². The van der Waals surface area contributed by atoms with Crippen LogP contribution in [-0.4, -0.2) is 49.3 Å². The predicted molar refractivity (Wildman–Crippen MR) is 404 cm³/mol. The van der Waals surface area contributed by atoms with E-state index in [4.69, 9.17) is 24.3 Å². The molecule has 0 spiro atoms. The molecule has 0 rings (SSSR count). The van der Waals surface area contributed by atoms with Crippen LogP contribution in [0.2, 0.25) is 0 Å². The summed E-state index contributed by atoms with van der Waals surface area (Å²) in [6.45, 7) is 3.63. The third kappa shape index (κ3) is 76.8. The summed E-state index contributed by atoms with van der Waals surface area (Å²) in [5.41, 5.74) is 5.41. The van der Waals surface area contributed by atoms with Crippen molar-refractivity contribution >= 4 is 19.8 Å². The van der Waals surface area contributed by atoms with Crippen molar-refractivity contribution in [3.05, 3.63) is 146 Å². The predicted octanol–water partition coefficient (Wildman–Crippen LogP) is 25.8. The van der Waals surface area contributed by atoms with E-state index >= 15 is 0 Å². The molecule has 0 fully saturated rings. The molecule has 10 heteroatoms. The van der Waals surface area contributed by atoms with Gasteiger partial charge in [-0.25, -0.2) is 4.57 Å². The van der Waals surface area contributed by atoms with Crippen LogP contribution in [0.1, 0.15) is 335 Å². The number of unbranched alkanes of at least 4 members (excludes halogenated alkanes) is 34. The molecule has 0 aromatic heterocycles. The Balaban J connectivity index is 3.91. The summed E-state index contributed by atoms with van der Waals surface area (Å²) in [5.74, 6) is -0.833. The standard InChI is InChI=1S/C83H142NO8P/c1-3-5-7-9-11-13-15-17-19-21-23-25-27-29-31-33-35-37-38-39-40-41-42-44-46-48-50-52-54-56-58-60-62-64-66-68-70-72-74-76-83(86)92-81(80-91-93(87,88)90-78-77-84)79-89-82(85)75-73-71-69-67-65-63-61-59-57-55-53-51-49-47-45-43-36-34-32-30-28-26-24-22-20-18-16-14-12-10-8-6-4-2/h5,7,11,13,16-19,22-25,29,31,35,37,39-40,42,44,48,50,54,56,81H,3-4,6,8-10,12,14-15,20-21,26-28,30,32-34,36,38,41,43,45-47,49,51-53,55,57-80,84H2,1-2H3,(H,87,88)/b7-5-,13-11-,18-16-,19-17-,24-22-,25-23-,31-29-,37-35-,40-39-,44-42-,50-48-,56-54-. The number of phosphoric ester groups is 1. The molecule has 9 nitrogen and oxygen atoms in total. The fourth-order valence-corrected chi connectivity index (χ4v) is 11.3. The number of carbonyl (C=O) groups is 2. The summed E-state index contributed by atoms with van der Waals surface area (Å²) in [5, 5.41) is 0. The van der Waals surface area contributed by atoms with Crippen molar-refractivity contribution in [2.24, 2.45) is 5.73 Å². The smallest absolute Gasteiger partial charge is 0.462 e. The monoisotopic (exact) mass is 1310 g/mol. The first-order valence-corrected chi connectivity index (χ1v) is 39.8. The SMILES string of the molecule is CC/C=C\C/C=C\C/C=C\C/C=C\C/C=C\C/C=C\C/C=C\C/C=C\C/C=C\C/C=C\CCCCCCCCCCC(=O)OC(COC(=O)CCCCCCCCCCCCCCCCCCCCCCC/C=C\C/C=C\CCCCCCC)COP(=O)(O)OCCN. The van der Waals surface area contributed by atoms with Gasteiger partial charge in [-0.05, 0) is 122 Å². The molecule has 0 saturated heterocycles. The van der Waals surface area contributed by atoms with Gasteiger partial charge in [-0.2, -0.15) is 0 Å². The Kier molecular flexibility index (Phi) is 73.5. The Morgan fingerprint density at radius 3 is 0.882 bits per heavy atom. The molecule has 93 heavy (non-hydrogen) atoms. The van der Waals surface area contributed by atoms with E-state index in [1.54, 1.807) is 0 Å². The van der Waals surface area contributed by atoms with E-state index in [1.807, 2.05) is 0 Å². The highest BCUT2D eigenvalue weighted by Gasteiger charge is 2.26. The van der Waals surface area contributed by atoms with E-state index in [-0.39, 0.29) is 38.6 Å². The number of phosphoric acid groups is 1. The van der Waals surface area contributed by atoms with Crippen molar-refractivity contribution in [2.45, 2.75) is 341 Å². The number of hydrogen-bond acceptors (Lipinski definition) is 8. The van der Waals surface area contributed by atoms with E-state index in [9.17, 15) is 19.0 Å². The molecular formula is C83H142NO8P. The van der Waals surface area contributed by atoms with Gasteiger partial charge in [0, 0.05) is 19.4 Å². The average Bonchev–Trinajstić information content (AvgIpc) is 3.60. The Bertz CT molecular complexity index is 2040. The maximum atomic E-state index is 12.8. The van der Waals surface area contributed by atoms with Crippen LogP contribution in [0.3, 0.4) is 0 Å². The minimum absolute atomic E-state index is 0.0467. The van der Waals surface area contributed by atoms with Gasteiger partial charge in [0.1, 0.15) is 6.61 Å². The molecule has 2 unspecified atom stereocenters. The molecule has 0 aliphatic rings. The number of hydrogen-bond donors (Lipinski definition) is 2. The van der Waals surface area contributed by atoms with Crippen LogP contribution in [0.25, 0.3) is 0 Å². The first-order chi connectivity index (χ1) is 45.8.